The van der Waals surface area contributed by atoms with Crippen molar-refractivity contribution < 1.29 is 33.5 Å². The van der Waals surface area contributed by atoms with E-state index in [1.807, 2.05) is 37.3 Å². The van der Waals surface area contributed by atoms with E-state index in [1.165, 1.54) is 44.9 Å². The molecule has 0 bridgehead atoms. The number of thiol groups is 1. The van der Waals surface area contributed by atoms with E-state index in [9.17, 15) is 28.8 Å². The standard InChI is InChI=1S/C25H35N3O5.C9H18N2O2S.C6H12.C3H8/c1-2-18-13-21(16-29)28(15-18)24(31)23(20-11-7-4-8-12-20)27-25(32)26-14-22(30)33-17-19-9-5-3-6-10-19;1-3-4-6(2)5-7(11-14)8(12)9(10)13;1-2-4-6-5-3-1;1-3-2/h3,5-6,9-10,16,18,20-21,23H,2,4,7-8,11-15,17H2,1H3,(H2,26,27,32);6-7,11,14H,3-5H2,1-2H3,(H2,10,13);1-6H2;3H2,1-2H3. The molecule has 56 heavy (non-hydrogen) atoms. The highest BCUT2D eigenvalue weighted by Gasteiger charge is 2.40. The number of nitrogens with two attached hydrogens (primary N) is 1. The first-order valence-corrected chi connectivity index (χ1v) is 21.6. The fourth-order valence-corrected chi connectivity index (χ4v) is 7.48. The Morgan fingerprint density at radius 1 is 0.929 bits per heavy atom. The number of hydrogen-bond donors (Lipinski definition) is 5. The van der Waals surface area contributed by atoms with Crippen molar-refractivity contribution in [3.63, 3.8) is 0 Å². The minimum Gasteiger partial charge on any atom is -0.460 e. The summed E-state index contributed by atoms with van der Waals surface area (Å²) in [6, 6.07) is 7.01. The summed E-state index contributed by atoms with van der Waals surface area (Å²) in [6.45, 7) is 10.8. The fourth-order valence-electron chi connectivity index (χ4n) is 7.26. The monoisotopic (exact) mass is 804 g/mol. The summed E-state index contributed by atoms with van der Waals surface area (Å²) >= 11 is 3.81. The molecule has 0 aromatic heterocycles. The average molecular weight is 804 g/mol. The molecule has 1 saturated heterocycles. The van der Waals surface area contributed by atoms with Crippen LogP contribution in [0.2, 0.25) is 0 Å². The third kappa shape index (κ3) is 20.6. The van der Waals surface area contributed by atoms with Crippen molar-refractivity contribution in [1.29, 1.82) is 0 Å². The van der Waals surface area contributed by atoms with Gasteiger partial charge in [-0.2, -0.15) is 0 Å². The Kier molecular flexibility index (Phi) is 27.7. The number of nitrogens with one attached hydrogen (secondary N) is 3. The van der Waals surface area contributed by atoms with Gasteiger partial charge < -0.3 is 30.8 Å². The van der Waals surface area contributed by atoms with Crippen LogP contribution < -0.4 is 21.1 Å². The Morgan fingerprint density at radius 2 is 1.50 bits per heavy atom. The summed E-state index contributed by atoms with van der Waals surface area (Å²) in [4.78, 5) is 73.2. The van der Waals surface area contributed by atoms with Crippen LogP contribution in [0.1, 0.15) is 149 Å². The quantitative estimate of drug-likeness (QED) is 0.0503. The van der Waals surface area contributed by atoms with Crippen molar-refractivity contribution in [3.05, 3.63) is 35.9 Å². The van der Waals surface area contributed by atoms with E-state index in [0.29, 0.717) is 31.2 Å². The van der Waals surface area contributed by atoms with Crippen molar-refractivity contribution >= 4 is 48.7 Å². The number of esters is 1. The number of likely N-dealkylation sites (tertiary alicyclic amines) is 1. The Balaban J connectivity index is 0.000000557. The number of ether oxygens (including phenoxy) is 1. The minimum absolute atomic E-state index is 0.0232. The van der Waals surface area contributed by atoms with Gasteiger partial charge in [-0.1, -0.05) is 161 Å². The van der Waals surface area contributed by atoms with Crippen molar-refractivity contribution in [2.45, 2.75) is 169 Å². The molecule has 2 saturated carbocycles. The molecule has 1 heterocycles. The smallest absolute Gasteiger partial charge is 0.325 e. The third-order valence-electron chi connectivity index (χ3n) is 10.4. The summed E-state index contributed by atoms with van der Waals surface area (Å²) in [5.74, 6) is -1.55. The maximum Gasteiger partial charge on any atom is 0.325 e. The van der Waals surface area contributed by atoms with E-state index in [4.69, 9.17) is 10.5 Å². The summed E-state index contributed by atoms with van der Waals surface area (Å²) < 4.78 is 7.70. The number of nitrogens with zero attached hydrogens (tertiary/aromatic N) is 1. The minimum atomic E-state index is -0.903. The Morgan fingerprint density at radius 3 is 2.00 bits per heavy atom. The lowest BCUT2D eigenvalue weighted by molar-refractivity contribution is -0.143. The molecule has 0 radical (unpaired) electrons. The zero-order chi connectivity index (χ0) is 41.7. The van der Waals surface area contributed by atoms with Crippen LogP contribution in [-0.4, -0.2) is 72.0 Å². The molecule has 2 aliphatic carbocycles. The second-order valence-electron chi connectivity index (χ2n) is 15.4. The van der Waals surface area contributed by atoms with Gasteiger partial charge in [0.2, 0.25) is 11.7 Å². The number of carbonyl (C=O) groups is 6. The number of benzene rings is 1. The summed E-state index contributed by atoms with van der Waals surface area (Å²) in [6.07, 6.45) is 20.2. The van der Waals surface area contributed by atoms with Gasteiger partial charge in [0.15, 0.2) is 0 Å². The first-order chi connectivity index (χ1) is 26.9. The normalized spacial score (nSPS) is 19.4. The largest absolute Gasteiger partial charge is 0.460 e. The SMILES string of the molecule is C1CCCCC1.CCC.CCC1CC(C=O)N(C(=O)C(NC(=O)NCC(=O)OCc2ccccc2)C2CCCCC2)C1.CCCC(C)CC(NS)C(=O)C(N)=O. The third-order valence-corrected chi connectivity index (χ3v) is 10.7. The topological polar surface area (TPSA) is 177 Å². The number of rotatable bonds is 16. The lowest BCUT2D eigenvalue weighted by atomic mass is 9.83. The van der Waals surface area contributed by atoms with Crippen LogP contribution in [0.4, 0.5) is 4.79 Å². The van der Waals surface area contributed by atoms with Gasteiger partial charge in [-0.3, -0.25) is 23.9 Å². The average Bonchev–Trinajstić information content (AvgIpc) is 3.66. The zero-order valence-electron chi connectivity index (χ0n) is 34.9. The molecule has 1 aliphatic heterocycles. The highest BCUT2D eigenvalue weighted by molar-refractivity contribution is 7.78. The Bertz CT molecular complexity index is 1260. The van der Waals surface area contributed by atoms with Gasteiger partial charge in [0.25, 0.3) is 5.91 Å². The van der Waals surface area contributed by atoms with E-state index >= 15 is 0 Å². The van der Waals surface area contributed by atoms with Crippen LogP contribution in [0.5, 0.6) is 0 Å². The predicted octanol–water partition coefficient (Wildman–Crippen LogP) is 7.23. The molecule has 5 unspecified atom stereocenters. The first kappa shape index (κ1) is 50.6. The highest BCUT2D eigenvalue weighted by Crippen LogP contribution is 2.31. The van der Waals surface area contributed by atoms with Gasteiger partial charge in [0.05, 0.1) is 12.1 Å². The van der Waals surface area contributed by atoms with E-state index in [0.717, 1.165) is 63.2 Å². The predicted molar refractivity (Wildman–Crippen MR) is 226 cm³/mol. The van der Waals surface area contributed by atoms with Crippen LogP contribution in [0.15, 0.2) is 30.3 Å². The number of aldehydes is 1. The summed E-state index contributed by atoms with van der Waals surface area (Å²) in [5.41, 5.74) is 5.76. The van der Waals surface area contributed by atoms with Gasteiger partial charge in [-0.05, 0) is 49.0 Å². The molecule has 5 N–H and O–H groups in total. The van der Waals surface area contributed by atoms with Crippen LogP contribution in [0.25, 0.3) is 0 Å². The van der Waals surface area contributed by atoms with Crippen molar-refractivity contribution in [2.24, 2.45) is 23.5 Å². The maximum atomic E-state index is 13.4. The van der Waals surface area contributed by atoms with Crippen molar-refractivity contribution in [3.8, 4) is 0 Å². The van der Waals surface area contributed by atoms with Crippen LogP contribution in [0, 0.1) is 17.8 Å². The Labute approximate surface area is 342 Å². The van der Waals surface area contributed by atoms with Gasteiger partial charge >= 0.3 is 12.0 Å². The number of primary amides is 1. The second-order valence-corrected chi connectivity index (χ2v) is 15.7. The maximum absolute atomic E-state index is 13.4. The van der Waals surface area contributed by atoms with Crippen molar-refractivity contribution in [1.82, 2.24) is 20.3 Å². The molecule has 3 aliphatic rings. The molecule has 4 amide bonds. The van der Waals surface area contributed by atoms with E-state index in [2.05, 4.69) is 55.9 Å². The van der Waals surface area contributed by atoms with Crippen LogP contribution in [-0.2, 0) is 35.3 Å². The number of ketones is 1. The molecule has 4 rings (SSSR count). The lowest BCUT2D eigenvalue weighted by Crippen LogP contribution is -2.56. The number of amides is 4. The van der Waals surface area contributed by atoms with Gasteiger partial charge in [0, 0.05) is 6.54 Å². The highest BCUT2D eigenvalue weighted by atomic mass is 32.1. The van der Waals surface area contributed by atoms with Gasteiger partial charge in [-0.25, -0.2) is 4.79 Å². The van der Waals surface area contributed by atoms with E-state index in [1.54, 1.807) is 4.90 Å². The zero-order valence-corrected chi connectivity index (χ0v) is 35.8. The first-order valence-electron chi connectivity index (χ1n) is 21.2. The molecule has 5 atom stereocenters. The molecule has 1 aromatic carbocycles. The number of carbonyl (C=O) groups excluding carboxylic acids is 6. The molecular formula is C43H73N5O7S. The second kappa shape index (κ2) is 30.7. The Hall–Kier alpha value is -3.45. The lowest BCUT2D eigenvalue weighted by Gasteiger charge is -2.34. The molecular weight excluding hydrogens is 731 g/mol. The van der Waals surface area contributed by atoms with Gasteiger partial charge in [0.1, 0.15) is 25.5 Å². The summed E-state index contributed by atoms with van der Waals surface area (Å²) in [5, 5.41) is 5.32. The van der Waals surface area contributed by atoms with E-state index < -0.39 is 41.8 Å². The van der Waals surface area contributed by atoms with Crippen LogP contribution in [0.3, 0.4) is 0 Å². The van der Waals surface area contributed by atoms with Crippen LogP contribution >= 0.6 is 12.8 Å². The molecule has 0 spiro atoms. The number of urea groups is 1. The number of Topliss-reactive ketones (excluding diaryl/α,β-unsaturated/α-hetero) is 1. The van der Waals surface area contributed by atoms with E-state index in [-0.39, 0.29) is 25.0 Å². The number of hydrogen-bond acceptors (Lipinski definition) is 9. The van der Waals surface area contributed by atoms with Crippen molar-refractivity contribution in [2.75, 3.05) is 13.1 Å². The fraction of sp³-hybridized carbons (Fsp3) is 0.721. The van der Waals surface area contributed by atoms with Gasteiger partial charge in [-0.15, -0.1) is 0 Å². The molecule has 318 valence electrons. The molecule has 12 nitrogen and oxygen atoms in total. The molecule has 13 heteroatoms. The molecule has 1 aromatic rings. The molecule has 3 fully saturated rings. The summed E-state index contributed by atoms with van der Waals surface area (Å²) in [7, 11) is 0.